The molecule has 0 aliphatic rings. The molecule has 2 aromatic carbocycles. The van der Waals surface area contributed by atoms with E-state index in [0.29, 0.717) is 28.4 Å². The van der Waals surface area contributed by atoms with Crippen molar-refractivity contribution < 1.29 is 18.8 Å². The van der Waals surface area contributed by atoms with Crippen molar-refractivity contribution >= 4 is 22.7 Å². The van der Waals surface area contributed by atoms with Crippen LogP contribution in [0.2, 0.25) is 0 Å². The summed E-state index contributed by atoms with van der Waals surface area (Å²) in [5.74, 6) is 0.0705. The first kappa shape index (κ1) is 17.7. The lowest BCUT2D eigenvalue weighted by Crippen LogP contribution is -2.24. The summed E-state index contributed by atoms with van der Waals surface area (Å²) in [4.78, 5) is 32.3. The molecule has 2 heterocycles. The van der Waals surface area contributed by atoms with Crippen molar-refractivity contribution in [3.63, 3.8) is 0 Å². The van der Waals surface area contributed by atoms with E-state index in [0.717, 1.165) is 10.9 Å². The number of carbonyl (C=O) groups excluding carboxylic acids is 2. The minimum absolute atomic E-state index is 0.260. The van der Waals surface area contributed by atoms with Crippen LogP contribution in [0.5, 0.6) is 0 Å². The van der Waals surface area contributed by atoms with E-state index in [1.54, 1.807) is 44.3 Å². The topological polar surface area (TPSA) is 98.1 Å². The van der Waals surface area contributed by atoms with Gasteiger partial charge >= 0.3 is 5.97 Å². The van der Waals surface area contributed by atoms with Gasteiger partial charge in [-0.1, -0.05) is 23.4 Å². The van der Waals surface area contributed by atoms with Gasteiger partial charge in [0, 0.05) is 28.2 Å². The fourth-order valence-corrected chi connectivity index (χ4v) is 2.94. The number of hydrogen-bond donors (Lipinski definition) is 1. The third-order valence-electron chi connectivity index (χ3n) is 4.40. The van der Waals surface area contributed by atoms with Gasteiger partial charge in [-0.15, -0.1) is 0 Å². The van der Waals surface area contributed by atoms with Gasteiger partial charge in [0.1, 0.15) is 0 Å². The Labute approximate surface area is 160 Å². The van der Waals surface area contributed by atoms with Gasteiger partial charge < -0.3 is 14.2 Å². The third kappa shape index (κ3) is 3.29. The molecule has 0 fully saturated rings. The molecule has 0 radical (unpaired) electrons. The standard InChI is InChI=1S/C21H17N3O4/c1-12(19(25)17-11-22-18-6-4-3-5-16(17)18)27-21(26)15-9-7-14(8-10-15)20-23-13(2)24-28-20/h3-12,22H,1-2H3/t12-/m0/s1. The second-order valence-corrected chi connectivity index (χ2v) is 6.38. The van der Waals surface area contributed by atoms with Crippen LogP contribution in [0.25, 0.3) is 22.4 Å². The lowest BCUT2D eigenvalue weighted by Gasteiger charge is -2.12. The number of esters is 1. The smallest absolute Gasteiger partial charge is 0.338 e. The van der Waals surface area contributed by atoms with Crippen LogP contribution in [-0.4, -0.2) is 33.0 Å². The molecule has 4 rings (SSSR count). The molecule has 140 valence electrons. The number of ether oxygens (including phenoxy) is 1. The number of aromatic nitrogens is 3. The molecule has 7 heteroatoms. The number of fused-ring (bicyclic) bond motifs is 1. The van der Waals surface area contributed by atoms with Crippen LogP contribution in [0, 0.1) is 6.92 Å². The molecule has 0 saturated carbocycles. The van der Waals surface area contributed by atoms with Crippen LogP contribution in [0.15, 0.2) is 59.3 Å². The van der Waals surface area contributed by atoms with Gasteiger partial charge in [-0.3, -0.25) is 4.79 Å². The van der Waals surface area contributed by atoms with Crippen LogP contribution in [-0.2, 0) is 4.74 Å². The molecule has 7 nitrogen and oxygen atoms in total. The lowest BCUT2D eigenvalue weighted by atomic mass is 10.1. The molecule has 4 aromatic rings. The molecule has 0 bridgehead atoms. The summed E-state index contributed by atoms with van der Waals surface area (Å²) in [7, 11) is 0. The number of nitrogens with one attached hydrogen (secondary N) is 1. The van der Waals surface area contributed by atoms with Crippen molar-refractivity contribution in [1.82, 2.24) is 15.1 Å². The van der Waals surface area contributed by atoms with Gasteiger partial charge in [0.05, 0.1) is 5.56 Å². The highest BCUT2D eigenvalue weighted by atomic mass is 16.5. The SMILES string of the molecule is Cc1noc(-c2ccc(C(=O)O[C@@H](C)C(=O)c3c[nH]c4ccccc34)cc2)n1. The Balaban J connectivity index is 1.47. The lowest BCUT2D eigenvalue weighted by molar-refractivity contribution is 0.0319. The Morgan fingerprint density at radius 2 is 1.86 bits per heavy atom. The molecular weight excluding hydrogens is 358 g/mol. The van der Waals surface area contributed by atoms with Gasteiger partial charge in [-0.25, -0.2) is 4.79 Å². The number of benzene rings is 2. The number of aryl methyl sites for hydroxylation is 1. The molecule has 1 atom stereocenters. The van der Waals surface area contributed by atoms with Gasteiger partial charge in [0.2, 0.25) is 5.78 Å². The largest absolute Gasteiger partial charge is 0.451 e. The predicted molar refractivity (Wildman–Crippen MR) is 102 cm³/mol. The number of nitrogens with zero attached hydrogens (tertiary/aromatic N) is 2. The van der Waals surface area contributed by atoms with E-state index in [-0.39, 0.29) is 5.78 Å². The molecule has 0 unspecified atom stereocenters. The predicted octanol–water partition coefficient (Wildman–Crippen LogP) is 3.95. The minimum atomic E-state index is -0.912. The van der Waals surface area contributed by atoms with Crippen LogP contribution in [0.4, 0.5) is 0 Å². The minimum Gasteiger partial charge on any atom is -0.451 e. The first-order valence-corrected chi connectivity index (χ1v) is 8.75. The maximum atomic E-state index is 12.7. The van der Waals surface area contributed by atoms with Crippen molar-refractivity contribution in [3.05, 3.63) is 71.7 Å². The summed E-state index contributed by atoms with van der Waals surface area (Å²) in [6.45, 7) is 3.29. The zero-order valence-corrected chi connectivity index (χ0v) is 15.3. The number of Topliss-reactive ketones (excluding diaryl/α,β-unsaturated/α-hetero) is 1. The van der Waals surface area contributed by atoms with Crippen molar-refractivity contribution in [2.45, 2.75) is 20.0 Å². The summed E-state index contributed by atoms with van der Waals surface area (Å²) < 4.78 is 10.5. The van der Waals surface area contributed by atoms with Crippen molar-refractivity contribution in [1.29, 1.82) is 0 Å². The molecule has 2 aromatic heterocycles. The number of ketones is 1. The first-order chi connectivity index (χ1) is 13.5. The monoisotopic (exact) mass is 375 g/mol. The molecule has 28 heavy (non-hydrogen) atoms. The second kappa shape index (κ2) is 7.11. The maximum Gasteiger partial charge on any atom is 0.338 e. The Morgan fingerprint density at radius 3 is 2.57 bits per heavy atom. The Kier molecular flexibility index (Phi) is 4.49. The molecule has 1 N–H and O–H groups in total. The van der Waals surface area contributed by atoms with E-state index in [1.165, 1.54) is 0 Å². The molecule has 0 aliphatic heterocycles. The molecule has 0 saturated heterocycles. The van der Waals surface area contributed by atoms with Gasteiger partial charge in [-0.05, 0) is 44.2 Å². The normalized spacial score (nSPS) is 12.1. The quantitative estimate of drug-likeness (QED) is 0.419. The molecule has 0 aliphatic carbocycles. The van der Waals surface area contributed by atoms with Crippen LogP contribution in [0.3, 0.4) is 0 Å². The summed E-state index contributed by atoms with van der Waals surface area (Å²) in [5.41, 5.74) is 2.38. The molecule has 0 spiro atoms. The number of aromatic amines is 1. The zero-order valence-electron chi connectivity index (χ0n) is 15.3. The van der Waals surface area contributed by atoms with E-state index >= 15 is 0 Å². The third-order valence-corrected chi connectivity index (χ3v) is 4.40. The summed E-state index contributed by atoms with van der Waals surface area (Å²) in [5, 5.41) is 4.54. The molecular formula is C21H17N3O4. The van der Waals surface area contributed by atoms with E-state index < -0.39 is 12.1 Å². The highest BCUT2D eigenvalue weighted by molar-refractivity contribution is 6.10. The van der Waals surface area contributed by atoms with E-state index in [2.05, 4.69) is 15.1 Å². The summed E-state index contributed by atoms with van der Waals surface area (Å²) in [6, 6.07) is 14.1. The fourth-order valence-electron chi connectivity index (χ4n) is 2.94. The van der Waals surface area contributed by atoms with Crippen LogP contribution < -0.4 is 0 Å². The Bertz CT molecular complexity index is 1160. The number of carbonyl (C=O) groups is 2. The van der Waals surface area contributed by atoms with Crippen molar-refractivity contribution in [3.8, 4) is 11.5 Å². The van der Waals surface area contributed by atoms with Crippen molar-refractivity contribution in [2.75, 3.05) is 0 Å². The van der Waals surface area contributed by atoms with Crippen molar-refractivity contribution in [2.24, 2.45) is 0 Å². The Hall–Kier alpha value is -3.74. The maximum absolute atomic E-state index is 12.7. The van der Waals surface area contributed by atoms with Gasteiger partial charge in [0.15, 0.2) is 11.9 Å². The number of rotatable bonds is 5. The van der Waals surface area contributed by atoms with Gasteiger partial charge in [-0.2, -0.15) is 4.98 Å². The highest BCUT2D eigenvalue weighted by Gasteiger charge is 2.23. The first-order valence-electron chi connectivity index (χ1n) is 8.75. The van der Waals surface area contributed by atoms with E-state index in [4.69, 9.17) is 9.26 Å². The van der Waals surface area contributed by atoms with E-state index in [1.807, 2.05) is 24.3 Å². The highest BCUT2D eigenvalue weighted by Crippen LogP contribution is 2.21. The number of para-hydroxylation sites is 1. The Morgan fingerprint density at radius 1 is 1.11 bits per heavy atom. The van der Waals surface area contributed by atoms with Gasteiger partial charge in [0.25, 0.3) is 5.89 Å². The zero-order chi connectivity index (χ0) is 19.7. The summed E-state index contributed by atoms with van der Waals surface area (Å²) >= 11 is 0. The van der Waals surface area contributed by atoms with E-state index in [9.17, 15) is 9.59 Å². The summed E-state index contributed by atoms with van der Waals surface area (Å²) in [6.07, 6.45) is 0.725. The second-order valence-electron chi connectivity index (χ2n) is 6.38. The van der Waals surface area contributed by atoms with Crippen LogP contribution in [0.1, 0.15) is 33.5 Å². The molecule has 0 amide bonds. The average molecular weight is 375 g/mol. The number of H-pyrrole nitrogens is 1. The number of hydrogen-bond acceptors (Lipinski definition) is 6. The van der Waals surface area contributed by atoms with Crippen LogP contribution >= 0.6 is 0 Å². The average Bonchev–Trinajstić information content (AvgIpc) is 3.34. The fraction of sp³-hybridized carbons (Fsp3) is 0.143.